The second kappa shape index (κ2) is 6.60. The number of nitrogens with one attached hydrogen (secondary N) is 2. The number of rotatable bonds is 4. The zero-order valence-corrected chi connectivity index (χ0v) is 13.1. The fourth-order valence-electron chi connectivity index (χ4n) is 2.75. The van der Waals surface area contributed by atoms with Crippen LogP contribution in [0.4, 0.5) is 5.69 Å². The van der Waals surface area contributed by atoms with E-state index in [2.05, 4.69) is 15.6 Å². The number of carbonyl (C=O) groups is 2. The number of hydrogen-bond acceptors (Lipinski definition) is 3. The van der Waals surface area contributed by atoms with Crippen molar-refractivity contribution in [3.63, 3.8) is 0 Å². The van der Waals surface area contributed by atoms with Gasteiger partial charge in [-0.3, -0.25) is 14.6 Å². The lowest BCUT2D eigenvalue weighted by Gasteiger charge is -2.17. The van der Waals surface area contributed by atoms with Gasteiger partial charge in [0.1, 0.15) is 0 Å². The molecular formula is C18H19N3O2. The quantitative estimate of drug-likeness (QED) is 0.911. The minimum Gasteiger partial charge on any atom is -0.348 e. The smallest absolute Gasteiger partial charge is 0.251 e. The molecule has 3 rings (SSSR count). The Kier molecular flexibility index (Phi) is 4.37. The van der Waals surface area contributed by atoms with Crippen molar-refractivity contribution >= 4 is 17.5 Å². The molecule has 118 valence electrons. The SMILES string of the molecule is CCc1cnccc1C(=O)NCc1ccc2c(c1)CCC(=O)N2. The average Bonchev–Trinajstić information content (AvgIpc) is 2.59. The largest absolute Gasteiger partial charge is 0.348 e. The second-order valence-electron chi connectivity index (χ2n) is 5.61. The molecule has 1 aliphatic heterocycles. The van der Waals surface area contributed by atoms with Crippen molar-refractivity contribution in [2.75, 3.05) is 5.32 Å². The molecule has 0 saturated carbocycles. The molecule has 0 radical (unpaired) electrons. The van der Waals surface area contributed by atoms with Crippen LogP contribution in [0.1, 0.15) is 40.4 Å². The van der Waals surface area contributed by atoms with Crippen LogP contribution < -0.4 is 10.6 Å². The van der Waals surface area contributed by atoms with Crippen LogP contribution in [0.25, 0.3) is 0 Å². The Morgan fingerprint density at radius 3 is 3.00 bits per heavy atom. The number of hydrogen-bond donors (Lipinski definition) is 2. The van der Waals surface area contributed by atoms with Crippen LogP contribution in [0.15, 0.2) is 36.7 Å². The third-order valence-corrected chi connectivity index (χ3v) is 4.05. The van der Waals surface area contributed by atoms with E-state index >= 15 is 0 Å². The highest BCUT2D eigenvalue weighted by Crippen LogP contribution is 2.23. The molecule has 0 aliphatic carbocycles. The van der Waals surface area contributed by atoms with Crippen LogP contribution in [0.5, 0.6) is 0 Å². The fraction of sp³-hybridized carbons (Fsp3) is 0.278. The van der Waals surface area contributed by atoms with Crippen molar-refractivity contribution in [1.29, 1.82) is 0 Å². The molecule has 5 nitrogen and oxygen atoms in total. The molecule has 0 saturated heterocycles. The molecule has 0 spiro atoms. The zero-order chi connectivity index (χ0) is 16.2. The summed E-state index contributed by atoms with van der Waals surface area (Å²) in [5, 5.41) is 5.81. The van der Waals surface area contributed by atoms with Crippen molar-refractivity contribution in [2.45, 2.75) is 32.7 Å². The van der Waals surface area contributed by atoms with E-state index < -0.39 is 0 Å². The molecule has 0 atom stereocenters. The number of anilines is 1. The molecule has 2 N–H and O–H groups in total. The molecule has 23 heavy (non-hydrogen) atoms. The molecule has 1 aromatic carbocycles. The van der Waals surface area contributed by atoms with E-state index in [9.17, 15) is 9.59 Å². The Hall–Kier alpha value is -2.69. The van der Waals surface area contributed by atoms with Gasteiger partial charge in [0.2, 0.25) is 5.91 Å². The highest BCUT2D eigenvalue weighted by Gasteiger charge is 2.15. The first-order chi connectivity index (χ1) is 11.2. The molecule has 5 heteroatoms. The Balaban J connectivity index is 1.69. The number of nitrogens with zero attached hydrogens (tertiary/aromatic N) is 1. The summed E-state index contributed by atoms with van der Waals surface area (Å²) in [4.78, 5) is 27.8. The molecular weight excluding hydrogens is 290 g/mol. The van der Waals surface area contributed by atoms with Crippen LogP contribution in [0.3, 0.4) is 0 Å². The molecule has 1 aliphatic rings. The molecule has 2 heterocycles. The van der Waals surface area contributed by atoms with E-state index in [0.29, 0.717) is 18.5 Å². The maximum Gasteiger partial charge on any atom is 0.251 e. The molecule has 2 aromatic rings. The normalized spacial score (nSPS) is 13.2. The predicted molar refractivity (Wildman–Crippen MR) is 88.2 cm³/mol. The first-order valence-corrected chi connectivity index (χ1v) is 7.80. The number of amides is 2. The van der Waals surface area contributed by atoms with Gasteiger partial charge in [-0.2, -0.15) is 0 Å². The van der Waals surface area contributed by atoms with Gasteiger partial charge in [0.05, 0.1) is 0 Å². The fourth-order valence-corrected chi connectivity index (χ4v) is 2.75. The Bertz CT molecular complexity index is 756. The summed E-state index contributed by atoms with van der Waals surface area (Å²) in [5.74, 6) is -0.0291. The highest BCUT2D eigenvalue weighted by molar-refractivity contribution is 5.95. The van der Waals surface area contributed by atoms with Gasteiger partial charge >= 0.3 is 0 Å². The maximum atomic E-state index is 12.3. The first-order valence-electron chi connectivity index (χ1n) is 7.80. The Morgan fingerprint density at radius 2 is 2.17 bits per heavy atom. The number of fused-ring (bicyclic) bond motifs is 1. The van der Waals surface area contributed by atoms with Gasteiger partial charge in [0.25, 0.3) is 5.91 Å². The van der Waals surface area contributed by atoms with Crippen molar-refractivity contribution in [1.82, 2.24) is 10.3 Å². The van der Waals surface area contributed by atoms with E-state index in [1.165, 1.54) is 0 Å². The lowest BCUT2D eigenvalue weighted by molar-refractivity contribution is -0.116. The number of aromatic nitrogens is 1. The summed E-state index contributed by atoms with van der Waals surface area (Å²) in [6.45, 7) is 2.47. The lowest BCUT2D eigenvalue weighted by Crippen LogP contribution is -2.24. The summed E-state index contributed by atoms with van der Waals surface area (Å²) in [6, 6.07) is 7.62. The van der Waals surface area contributed by atoms with E-state index in [4.69, 9.17) is 0 Å². The van der Waals surface area contributed by atoms with Gasteiger partial charge in [-0.25, -0.2) is 0 Å². The topological polar surface area (TPSA) is 71.1 Å². The maximum absolute atomic E-state index is 12.3. The van der Waals surface area contributed by atoms with E-state index in [1.807, 2.05) is 25.1 Å². The van der Waals surface area contributed by atoms with Gasteiger partial charge in [-0.15, -0.1) is 0 Å². The molecule has 0 unspecified atom stereocenters. The van der Waals surface area contributed by atoms with Gasteiger partial charge in [-0.05, 0) is 41.7 Å². The second-order valence-corrected chi connectivity index (χ2v) is 5.61. The van der Waals surface area contributed by atoms with Crippen LogP contribution >= 0.6 is 0 Å². The van der Waals surface area contributed by atoms with Crippen molar-refractivity contribution in [3.8, 4) is 0 Å². The van der Waals surface area contributed by atoms with Gasteiger partial charge in [-0.1, -0.05) is 19.1 Å². The first kappa shape index (κ1) is 15.2. The average molecular weight is 309 g/mol. The van der Waals surface area contributed by atoms with Gasteiger partial charge in [0, 0.05) is 36.6 Å². The van der Waals surface area contributed by atoms with E-state index in [-0.39, 0.29) is 11.8 Å². The summed E-state index contributed by atoms with van der Waals surface area (Å²) in [5.41, 5.74) is 4.64. The third-order valence-electron chi connectivity index (χ3n) is 4.05. The lowest BCUT2D eigenvalue weighted by atomic mass is 10.0. The third kappa shape index (κ3) is 3.39. The summed E-state index contributed by atoms with van der Waals surface area (Å²) >= 11 is 0. The number of aryl methyl sites for hydroxylation is 2. The van der Waals surface area contributed by atoms with Crippen molar-refractivity contribution in [3.05, 3.63) is 58.9 Å². The number of pyridine rings is 1. The summed E-state index contributed by atoms with van der Waals surface area (Å²) in [7, 11) is 0. The molecule has 2 amide bonds. The zero-order valence-electron chi connectivity index (χ0n) is 13.1. The van der Waals surface area contributed by atoms with Crippen LogP contribution in [0.2, 0.25) is 0 Å². The monoisotopic (exact) mass is 309 g/mol. The summed E-state index contributed by atoms with van der Waals surface area (Å²) < 4.78 is 0. The molecule has 1 aromatic heterocycles. The Morgan fingerprint density at radius 1 is 1.30 bits per heavy atom. The van der Waals surface area contributed by atoms with Gasteiger partial charge in [0.15, 0.2) is 0 Å². The number of carbonyl (C=O) groups excluding carboxylic acids is 2. The minimum atomic E-state index is -0.0877. The molecule has 0 bridgehead atoms. The van der Waals surface area contributed by atoms with E-state index in [0.717, 1.165) is 35.2 Å². The van der Waals surface area contributed by atoms with Crippen LogP contribution in [-0.2, 0) is 24.2 Å². The minimum absolute atomic E-state index is 0.0586. The number of benzene rings is 1. The Labute approximate surface area is 135 Å². The standard InChI is InChI=1S/C18H19N3O2/c1-2-13-11-19-8-7-15(13)18(23)20-10-12-3-5-16-14(9-12)4-6-17(22)21-16/h3,5,7-9,11H,2,4,6,10H2,1H3,(H,20,23)(H,21,22). The van der Waals surface area contributed by atoms with Crippen LogP contribution in [-0.4, -0.2) is 16.8 Å². The van der Waals surface area contributed by atoms with Crippen LogP contribution in [0, 0.1) is 0 Å². The highest BCUT2D eigenvalue weighted by atomic mass is 16.2. The van der Waals surface area contributed by atoms with Crippen molar-refractivity contribution < 1.29 is 9.59 Å². The predicted octanol–water partition coefficient (Wildman–Crippen LogP) is 2.46. The van der Waals surface area contributed by atoms with Crippen molar-refractivity contribution in [2.24, 2.45) is 0 Å². The van der Waals surface area contributed by atoms with Gasteiger partial charge < -0.3 is 10.6 Å². The molecule has 0 fully saturated rings. The summed E-state index contributed by atoms with van der Waals surface area (Å²) in [6.07, 6.45) is 5.40. The van der Waals surface area contributed by atoms with E-state index in [1.54, 1.807) is 18.5 Å².